The Kier molecular flexibility index (Phi) is 2.12. The highest BCUT2D eigenvalue weighted by molar-refractivity contribution is 9.10. The number of halogens is 1. The Morgan fingerprint density at radius 3 is 3.11 bits per heavy atom. The Balaban J connectivity index is 2.13. The largest absolute Gasteiger partial charge is 0.313 e. The molecule has 88 valence electrons. The van der Waals surface area contributed by atoms with Crippen LogP contribution in [0, 0.1) is 0 Å². The monoisotopic (exact) mass is 298 g/mol. The summed E-state index contributed by atoms with van der Waals surface area (Å²) in [7, 11) is 0. The molecule has 2 aromatic rings. The number of allylic oxidation sites excluding steroid dienone is 2. The number of benzene rings is 1. The number of nitrogens with zero attached hydrogens (tertiary/aromatic N) is 2. The molecular weight excluding hydrogens is 288 g/mol. The molecule has 0 atom stereocenters. The summed E-state index contributed by atoms with van der Waals surface area (Å²) < 4.78 is 3.34. The lowest BCUT2D eigenvalue weighted by atomic mass is 9.98. The molecular formula is C15H11BrN2. The van der Waals surface area contributed by atoms with Crippen molar-refractivity contribution in [3.05, 3.63) is 52.3 Å². The highest BCUT2D eigenvalue weighted by atomic mass is 79.9. The summed E-state index contributed by atoms with van der Waals surface area (Å²) in [4.78, 5) is 4.62. The van der Waals surface area contributed by atoms with Crippen molar-refractivity contribution < 1.29 is 0 Å². The summed E-state index contributed by atoms with van der Waals surface area (Å²) in [6.07, 6.45) is 8.66. The molecule has 0 fully saturated rings. The molecule has 0 N–H and O–H groups in total. The first kappa shape index (κ1) is 10.3. The molecule has 0 saturated heterocycles. The Hall–Kier alpha value is -1.61. The molecule has 0 spiro atoms. The molecule has 1 aromatic carbocycles. The fourth-order valence-corrected chi connectivity index (χ4v) is 3.31. The SMILES string of the molecule is Brc1cccc2c1-n1ccc3c1C(=CCC3)C=N2. The van der Waals surface area contributed by atoms with Crippen LogP contribution in [-0.4, -0.2) is 10.8 Å². The number of aryl methyl sites for hydroxylation is 1. The van der Waals surface area contributed by atoms with E-state index in [0.717, 1.165) is 28.7 Å². The first-order valence-corrected chi connectivity index (χ1v) is 6.87. The lowest BCUT2D eigenvalue weighted by Crippen LogP contribution is -2.04. The highest BCUT2D eigenvalue weighted by Crippen LogP contribution is 2.38. The van der Waals surface area contributed by atoms with Gasteiger partial charge in [0.2, 0.25) is 0 Å². The molecule has 2 aliphatic rings. The average Bonchev–Trinajstić information content (AvgIpc) is 2.72. The zero-order valence-corrected chi connectivity index (χ0v) is 11.3. The van der Waals surface area contributed by atoms with Gasteiger partial charge in [-0.25, -0.2) is 0 Å². The van der Waals surface area contributed by atoms with Gasteiger partial charge in [-0.05, 0) is 52.5 Å². The molecule has 0 radical (unpaired) electrons. The van der Waals surface area contributed by atoms with E-state index in [2.05, 4.69) is 56.0 Å². The number of para-hydroxylation sites is 1. The van der Waals surface area contributed by atoms with Crippen LogP contribution in [0.1, 0.15) is 17.7 Å². The zero-order valence-electron chi connectivity index (χ0n) is 9.73. The van der Waals surface area contributed by atoms with E-state index in [4.69, 9.17) is 0 Å². The van der Waals surface area contributed by atoms with Gasteiger partial charge in [-0.15, -0.1) is 0 Å². The third-order valence-electron chi connectivity index (χ3n) is 3.57. The molecule has 1 aliphatic carbocycles. The van der Waals surface area contributed by atoms with Crippen molar-refractivity contribution in [3.63, 3.8) is 0 Å². The van der Waals surface area contributed by atoms with Crippen LogP contribution in [0.25, 0.3) is 11.3 Å². The van der Waals surface area contributed by atoms with E-state index in [1.165, 1.54) is 16.8 Å². The second kappa shape index (κ2) is 3.69. The predicted octanol–water partition coefficient (Wildman–Crippen LogP) is 4.29. The topological polar surface area (TPSA) is 17.3 Å². The summed E-state index contributed by atoms with van der Waals surface area (Å²) in [6, 6.07) is 8.38. The second-order valence-electron chi connectivity index (χ2n) is 4.62. The lowest BCUT2D eigenvalue weighted by Gasteiger charge is -2.15. The normalized spacial score (nSPS) is 15.7. The van der Waals surface area contributed by atoms with Crippen LogP contribution in [0.5, 0.6) is 0 Å². The Morgan fingerprint density at radius 2 is 2.17 bits per heavy atom. The van der Waals surface area contributed by atoms with Gasteiger partial charge in [-0.1, -0.05) is 12.1 Å². The van der Waals surface area contributed by atoms with Gasteiger partial charge in [0, 0.05) is 22.5 Å². The highest BCUT2D eigenvalue weighted by Gasteiger charge is 2.21. The predicted molar refractivity (Wildman–Crippen MR) is 77.9 cm³/mol. The molecule has 18 heavy (non-hydrogen) atoms. The molecule has 2 heterocycles. The fourth-order valence-electron chi connectivity index (χ4n) is 2.76. The van der Waals surface area contributed by atoms with Crippen LogP contribution < -0.4 is 0 Å². The van der Waals surface area contributed by atoms with Crippen molar-refractivity contribution in [1.29, 1.82) is 0 Å². The van der Waals surface area contributed by atoms with E-state index in [1.807, 2.05) is 12.3 Å². The first-order chi connectivity index (χ1) is 8.84. The first-order valence-electron chi connectivity index (χ1n) is 6.08. The number of hydrogen-bond donors (Lipinski definition) is 0. The van der Waals surface area contributed by atoms with Crippen LogP contribution in [-0.2, 0) is 6.42 Å². The minimum atomic E-state index is 1.01. The van der Waals surface area contributed by atoms with E-state index >= 15 is 0 Å². The number of aromatic nitrogens is 1. The molecule has 0 bridgehead atoms. The minimum absolute atomic E-state index is 1.01. The molecule has 0 unspecified atom stereocenters. The number of hydrogen-bond acceptors (Lipinski definition) is 1. The maximum atomic E-state index is 4.62. The molecule has 3 heteroatoms. The van der Waals surface area contributed by atoms with E-state index in [1.54, 1.807) is 0 Å². The van der Waals surface area contributed by atoms with E-state index in [9.17, 15) is 0 Å². The third-order valence-corrected chi connectivity index (χ3v) is 4.21. The molecule has 2 nitrogen and oxygen atoms in total. The summed E-state index contributed by atoms with van der Waals surface area (Å²) in [5.41, 5.74) is 6.11. The Labute approximate surface area is 114 Å². The van der Waals surface area contributed by atoms with E-state index in [0.29, 0.717) is 0 Å². The Morgan fingerprint density at radius 1 is 1.22 bits per heavy atom. The number of rotatable bonds is 0. The van der Waals surface area contributed by atoms with Crippen molar-refractivity contribution in [2.75, 3.05) is 0 Å². The lowest BCUT2D eigenvalue weighted by molar-refractivity contribution is 0.954. The van der Waals surface area contributed by atoms with Crippen LogP contribution in [0.2, 0.25) is 0 Å². The van der Waals surface area contributed by atoms with Crippen LogP contribution in [0.15, 0.2) is 46.0 Å². The number of aliphatic imine (C=N–C) groups is 1. The Bertz CT molecular complexity index is 707. The average molecular weight is 299 g/mol. The third kappa shape index (κ3) is 1.31. The van der Waals surface area contributed by atoms with Gasteiger partial charge in [0.1, 0.15) is 0 Å². The standard InChI is InChI=1S/C15H11BrN2/c16-12-5-2-6-13-15(12)18-8-7-10-3-1-4-11(9-17-13)14(10)18/h2,4-9H,1,3H2. The van der Waals surface area contributed by atoms with Gasteiger partial charge in [0.15, 0.2) is 0 Å². The van der Waals surface area contributed by atoms with Gasteiger partial charge in [-0.2, -0.15) is 0 Å². The number of fused-ring (bicyclic) bond motifs is 2. The molecule has 0 saturated carbocycles. The summed E-state index contributed by atoms with van der Waals surface area (Å²) in [5, 5.41) is 0. The van der Waals surface area contributed by atoms with Crippen molar-refractivity contribution in [2.45, 2.75) is 12.8 Å². The maximum absolute atomic E-state index is 4.62. The van der Waals surface area contributed by atoms with E-state index in [-0.39, 0.29) is 0 Å². The second-order valence-corrected chi connectivity index (χ2v) is 5.48. The van der Waals surface area contributed by atoms with Gasteiger partial charge >= 0.3 is 0 Å². The summed E-state index contributed by atoms with van der Waals surface area (Å²) >= 11 is 3.64. The van der Waals surface area contributed by atoms with Crippen molar-refractivity contribution in [3.8, 4) is 5.69 Å². The zero-order chi connectivity index (χ0) is 12.1. The van der Waals surface area contributed by atoms with E-state index < -0.39 is 0 Å². The van der Waals surface area contributed by atoms with Crippen LogP contribution >= 0.6 is 15.9 Å². The van der Waals surface area contributed by atoms with Gasteiger partial charge in [-0.3, -0.25) is 4.99 Å². The molecule has 1 aromatic heterocycles. The summed E-state index contributed by atoms with van der Waals surface area (Å²) in [6.45, 7) is 0. The minimum Gasteiger partial charge on any atom is -0.313 e. The van der Waals surface area contributed by atoms with Gasteiger partial charge in [0.05, 0.1) is 17.1 Å². The molecule has 1 aliphatic heterocycles. The molecule has 0 amide bonds. The van der Waals surface area contributed by atoms with Crippen LogP contribution in [0.4, 0.5) is 5.69 Å². The van der Waals surface area contributed by atoms with Crippen molar-refractivity contribution in [1.82, 2.24) is 4.57 Å². The smallest absolute Gasteiger partial charge is 0.0881 e. The van der Waals surface area contributed by atoms with Gasteiger partial charge < -0.3 is 4.57 Å². The van der Waals surface area contributed by atoms with Crippen molar-refractivity contribution in [2.24, 2.45) is 4.99 Å². The maximum Gasteiger partial charge on any atom is 0.0881 e. The fraction of sp³-hybridized carbons (Fsp3) is 0.133. The summed E-state index contributed by atoms with van der Waals surface area (Å²) in [5.74, 6) is 0. The van der Waals surface area contributed by atoms with Crippen LogP contribution in [0.3, 0.4) is 0 Å². The van der Waals surface area contributed by atoms with Crippen molar-refractivity contribution >= 4 is 33.4 Å². The molecule has 4 rings (SSSR count). The van der Waals surface area contributed by atoms with Gasteiger partial charge in [0.25, 0.3) is 0 Å². The quantitative estimate of drug-likeness (QED) is 0.690.